The minimum atomic E-state index is -1.03. The van der Waals surface area contributed by atoms with E-state index in [0.717, 1.165) is 32.1 Å². The highest BCUT2D eigenvalue weighted by Gasteiger charge is 1.87. The number of hydrogen-bond acceptors (Lipinski definition) is 3. The maximum absolute atomic E-state index is 10.4. The van der Waals surface area contributed by atoms with Gasteiger partial charge in [0, 0.05) is 24.7 Å². The quantitative estimate of drug-likeness (QED) is 0.353. The number of ether oxygens (including phenoxy) is 1. The summed E-state index contributed by atoms with van der Waals surface area (Å²) < 4.78 is 4.34. The zero-order valence-corrected chi connectivity index (χ0v) is 13.3. The second-order valence-corrected chi connectivity index (χ2v) is 4.31. The second kappa shape index (κ2) is 18.1. The Bertz CT molecular complexity index is 390. The second-order valence-electron chi connectivity index (χ2n) is 4.31. The van der Waals surface area contributed by atoms with Gasteiger partial charge in [0.2, 0.25) is 0 Å². The van der Waals surface area contributed by atoms with Crippen molar-refractivity contribution < 1.29 is 19.4 Å². The first-order valence-corrected chi connectivity index (χ1v) is 7.37. The van der Waals surface area contributed by atoms with Crippen LogP contribution in [0.1, 0.15) is 65.2 Å². The van der Waals surface area contributed by atoms with Gasteiger partial charge in [0.1, 0.15) is 0 Å². The molecule has 0 aliphatic carbocycles. The van der Waals surface area contributed by atoms with Crippen molar-refractivity contribution in [3.8, 4) is 23.7 Å². The van der Waals surface area contributed by atoms with Crippen LogP contribution in [-0.4, -0.2) is 24.2 Å². The van der Waals surface area contributed by atoms with Crippen LogP contribution in [0.25, 0.3) is 0 Å². The predicted molar refractivity (Wildman–Crippen MR) is 83.5 cm³/mol. The first-order chi connectivity index (χ1) is 10.1. The van der Waals surface area contributed by atoms with Crippen LogP contribution in [0.3, 0.4) is 0 Å². The molecule has 0 saturated heterocycles. The predicted octanol–water partition coefficient (Wildman–Crippen LogP) is 3.40. The third-order valence-corrected chi connectivity index (χ3v) is 2.38. The van der Waals surface area contributed by atoms with Crippen LogP contribution >= 0.6 is 0 Å². The summed E-state index contributed by atoms with van der Waals surface area (Å²) in [6.07, 6.45) is 8.22. The van der Waals surface area contributed by atoms with Gasteiger partial charge >= 0.3 is 11.9 Å². The van der Waals surface area contributed by atoms with E-state index >= 15 is 0 Å². The third kappa shape index (κ3) is 23.6. The summed E-state index contributed by atoms with van der Waals surface area (Å²) in [5.74, 6) is 8.29. The number of methoxy groups -OCH3 is 1. The van der Waals surface area contributed by atoms with Crippen molar-refractivity contribution in [2.45, 2.75) is 65.2 Å². The average molecular weight is 294 g/mol. The highest BCUT2D eigenvalue weighted by atomic mass is 16.5. The standard InChI is InChI=1S/C9H14O2.C8H12O2/c1-3-4-5-6-7-8-9(10)11-2;1-2-3-4-5-6-7-8(9)10/h3-6H2,1-2H3;2-5H2,1H3,(H,9,10). The van der Waals surface area contributed by atoms with Crippen LogP contribution in [-0.2, 0) is 14.3 Å². The van der Waals surface area contributed by atoms with Gasteiger partial charge in [-0.2, -0.15) is 0 Å². The Morgan fingerprint density at radius 2 is 1.38 bits per heavy atom. The lowest BCUT2D eigenvalue weighted by Gasteiger charge is -1.88. The fourth-order valence-corrected chi connectivity index (χ4v) is 1.25. The molecule has 0 heterocycles. The van der Waals surface area contributed by atoms with Gasteiger partial charge in [-0.15, -0.1) is 0 Å². The number of carbonyl (C=O) groups excluding carboxylic acids is 1. The highest BCUT2D eigenvalue weighted by molar-refractivity contribution is 5.88. The van der Waals surface area contributed by atoms with E-state index in [2.05, 4.69) is 42.3 Å². The van der Waals surface area contributed by atoms with Crippen molar-refractivity contribution in [3.05, 3.63) is 0 Å². The van der Waals surface area contributed by atoms with Crippen LogP contribution in [0.2, 0.25) is 0 Å². The van der Waals surface area contributed by atoms with E-state index in [1.54, 1.807) is 0 Å². The Morgan fingerprint density at radius 1 is 0.905 bits per heavy atom. The Hall–Kier alpha value is -1.94. The molecule has 21 heavy (non-hydrogen) atoms. The number of unbranched alkanes of at least 4 members (excludes halogenated alkanes) is 6. The number of carbonyl (C=O) groups is 2. The molecule has 0 aliphatic heterocycles. The van der Waals surface area contributed by atoms with Gasteiger partial charge in [0.05, 0.1) is 7.11 Å². The van der Waals surface area contributed by atoms with E-state index in [4.69, 9.17) is 5.11 Å². The zero-order valence-electron chi connectivity index (χ0n) is 13.3. The highest BCUT2D eigenvalue weighted by Crippen LogP contribution is 1.96. The lowest BCUT2D eigenvalue weighted by molar-refractivity contribution is -0.134. The number of esters is 1. The molecule has 0 fully saturated rings. The summed E-state index contributed by atoms with van der Waals surface area (Å²) in [6, 6.07) is 0. The first-order valence-electron chi connectivity index (χ1n) is 7.37. The Balaban J connectivity index is 0. The van der Waals surface area contributed by atoms with Crippen LogP contribution in [0, 0.1) is 23.7 Å². The maximum Gasteiger partial charge on any atom is 0.384 e. The summed E-state index contributed by atoms with van der Waals surface area (Å²) in [4.78, 5) is 20.3. The topological polar surface area (TPSA) is 63.6 Å². The monoisotopic (exact) mass is 294 g/mol. The molecule has 0 amide bonds. The van der Waals surface area contributed by atoms with E-state index < -0.39 is 11.9 Å². The van der Waals surface area contributed by atoms with Gasteiger partial charge in [-0.05, 0) is 12.8 Å². The van der Waals surface area contributed by atoms with Crippen molar-refractivity contribution in [1.82, 2.24) is 0 Å². The lowest BCUT2D eigenvalue weighted by atomic mass is 10.2. The summed E-state index contributed by atoms with van der Waals surface area (Å²) in [6.45, 7) is 4.23. The minimum Gasteiger partial charge on any atom is -0.472 e. The molecule has 0 aromatic carbocycles. The zero-order chi connectivity index (χ0) is 16.3. The van der Waals surface area contributed by atoms with Crippen LogP contribution in [0.5, 0.6) is 0 Å². The average Bonchev–Trinajstić information content (AvgIpc) is 2.47. The van der Waals surface area contributed by atoms with Gasteiger partial charge in [0.15, 0.2) is 0 Å². The van der Waals surface area contributed by atoms with Crippen molar-refractivity contribution in [2.75, 3.05) is 7.11 Å². The molecule has 118 valence electrons. The first kappa shape index (κ1) is 21.4. The summed E-state index contributed by atoms with van der Waals surface area (Å²) in [7, 11) is 1.34. The molecule has 4 nitrogen and oxygen atoms in total. The molecule has 0 radical (unpaired) electrons. The van der Waals surface area contributed by atoms with Gasteiger partial charge in [-0.25, -0.2) is 9.59 Å². The van der Waals surface area contributed by atoms with Crippen LogP contribution in [0.4, 0.5) is 0 Å². The normalized spacial score (nSPS) is 8.14. The minimum absolute atomic E-state index is 0.443. The van der Waals surface area contributed by atoms with Gasteiger partial charge in [0.25, 0.3) is 0 Å². The summed E-state index contributed by atoms with van der Waals surface area (Å²) in [5.41, 5.74) is 0. The lowest BCUT2D eigenvalue weighted by Crippen LogP contribution is -1.93. The number of carboxylic acid groups (broad SMARTS) is 1. The molecule has 0 aromatic rings. The van der Waals surface area contributed by atoms with E-state index in [1.165, 1.54) is 20.0 Å². The van der Waals surface area contributed by atoms with Gasteiger partial charge < -0.3 is 9.84 Å². The van der Waals surface area contributed by atoms with Crippen molar-refractivity contribution in [1.29, 1.82) is 0 Å². The Labute approximate surface area is 128 Å². The fraction of sp³-hybridized carbons (Fsp3) is 0.647. The number of rotatable bonds is 6. The van der Waals surface area contributed by atoms with Gasteiger partial charge in [-0.1, -0.05) is 51.4 Å². The summed E-state index contributed by atoms with van der Waals surface area (Å²) >= 11 is 0. The molecule has 1 N–H and O–H groups in total. The maximum atomic E-state index is 10.4. The molecule has 0 spiro atoms. The molecule has 4 heteroatoms. The van der Waals surface area contributed by atoms with E-state index in [1.807, 2.05) is 0 Å². The van der Waals surface area contributed by atoms with Crippen molar-refractivity contribution in [2.24, 2.45) is 0 Å². The van der Waals surface area contributed by atoms with E-state index in [9.17, 15) is 9.59 Å². The molecule has 0 aromatic heterocycles. The SMILES string of the molecule is CCCCCC#CC(=O)O.CCCCCC#CC(=O)OC. The van der Waals surface area contributed by atoms with E-state index in [0.29, 0.717) is 6.42 Å². The molecular formula is C17H26O4. The fourth-order valence-electron chi connectivity index (χ4n) is 1.25. The molecule has 0 unspecified atom stereocenters. The Morgan fingerprint density at radius 3 is 1.76 bits per heavy atom. The van der Waals surface area contributed by atoms with Crippen LogP contribution < -0.4 is 0 Å². The molecule has 0 atom stereocenters. The molecule has 0 rings (SSSR count). The summed E-state index contributed by atoms with van der Waals surface area (Å²) in [5, 5.41) is 8.10. The third-order valence-electron chi connectivity index (χ3n) is 2.38. The van der Waals surface area contributed by atoms with E-state index in [-0.39, 0.29) is 0 Å². The molecule has 0 saturated carbocycles. The molecular weight excluding hydrogens is 268 g/mol. The molecule has 0 bridgehead atoms. The number of hydrogen-bond donors (Lipinski definition) is 1. The Kier molecular flexibility index (Phi) is 18.4. The molecule has 0 aliphatic rings. The van der Waals surface area contributed by atoms with Gasteiger partial charge in [-0.3, -0.25) is 0 Å². The smallest absolute Gasteiger partial charge is 0.384 e. The largest absolute Gasteiger partial charge is 0.472 e. The number of aliphatic carboxylic acids is 1. The van der Waals surface area contributed by atoms with Crippen molar-refractivity contribution >= 4 is 11.9 Å². The van der Waals surface area contributed by atoms with Crippen LogP contribution in [0.15, 0.2) is 0 Å². The number of carboxylic acids is 1. The van der Waals surface area contributed by atoms with Crippen molar-refractivity contribution in [3.63, 3.8) is 0 Å².